The van der Waals surface area contributed by atoms with E-state index in [2.05, 4.69) is 5.32 Å². The maximum atomic E-state index is 13.6. The molecule has 176 valence electrons. The minimum atomic E-state index is -4.53. The summed E-state index contributed by atoms with van der Waals surface area (Å²) in [4.78, 5) is 14.9. The van der Waals surface area contributed by atoms with Gasteiger partial charge in [0.2, 0.25) is 5.91 Å². The molecular weight excluding hydrogens is 467 g/mol. The second-order valence-electron chi connectivity index (χ2n) is 8.10. The van der Waals surface area contributed by atoms with Crippen LogP contribution < -0.4 is 5.32 Å². The van der Waals surface area contributed by atoms with Crippen LogP contribution in [0.4, 0.5) is 17.6 Å². The van der Waals surface area contributed by atoms with Crippen LogP contribution in [0.25, 0.3) is 0 Å². The Morgan fingerprint density at radius 2 is 1.91 bits per heavy atom. The molecule has 3 nitrogen and oxygen atoms in total. The van der Waals surface area contributed by atoms with Gasteiger partial charge in [-0.3, -0.25) is 4.79 Å². The number of carbonyl (C=O) groups is 1. The Morgan fingerprint density at radius 3 is 2.53 bits per heavy atom. The fraction of sp³-hybridized carbons (Fsp3) is 0.435. The zero-order chi connectivity index (χ0) is 22.9. The van der Waals surface area contributed by atoms with Gasteiger partial charge in [-0.15, -0.1) is 12.4 Å². The third kappa shape index (κ3) is 5.74. The number of aryl methyl sites for hydroxylation is 1. The Morgan fingerprint density at radius 1 is 1.22 bits per heavy atom. The minimum Gasteiger partial charge on any atom is -0.339 e. The highest BCUT2D eigenvalue weighted by Crippen LogP contribution is 2.37. The van der Waals surface area contributed by atoms with Gasteiger partial charge in [0.1, 0.15) is 5.82 Å². The summed E-state index contributed by atoms with van der Waals surface area (Å²) in [7, 11) is 1.60. The normalized spacial score (nSPS) is 19.8. The van der Waals surface area contributed by atoms with Crippen LogP contribution >= 0.6 is 24.0 Å². The molecule has 1 aliphatic heterocycles. The molecule has 3 atom stereocenters. The second kappa shape index (κ2) is 10.4. The molecular formula is C23H26Cl2F4N2O. The molecule has 0 aromatic heterocycles. The first-order valence-corrected chi connectivity index (χ1v) is 10.5. The van der Waals surface area contributed by atoms with Crippen molar-refractivity contribution in [3.05, 3.63) is 69.5 Å². The van der Waals surface area contributed by atoms with Crippen LogP contribution in [0.3, 0.4) is 0 Å². The summed E-state index contributed by atoms with van der Waals surface area (Å²) in [6.07, 6.45) is -3.94. The average molecular weight is 493 g/mol. The summed E-state index contributed by atoms with van der Waals surface area (Å²) >= 11 is 5.92. The molecule has 1 saturated heterocycles. The quantitative estimate of drug-likeness (QED) is 0.519. The third-order valence-electron chi connectivity index (χ3n) is 6.09. The molecule has 1 amide bonds. The van der Waals surface area contributed by atoms with E-state index in [9.17, 15) is 22.4 Å². The number of hydrogen-bond donors (Lipinski definition) is 1. The molecule has 1 aliphatic rings. The molecule has 0 bridgehead atoms. The fourth-order valence-electron chi connectivity index (χ4n) is 4.23. The van der Waals surface area contributed by atoms with Crippen molar-refractivity contribution in [1.29, 1.82) is 0 Å². The van der Waals surface area contributed by atoms with Crippen LogP contribution in [-0.2, 0) is 11.0 Å². The van der Waals surface area contributed by atoms with Gasteiger partial charge in [-0.25, -0.2) is 4.39 Å². The second-order valence-corrected chi connectivity index (χ2v) is 8.54. The van der Waals surface area contributed by atoms with Crippen molar-refractivity contribution in [2.75, 3.05) is 20.1 Å². The standard InChI is InChI=1S/C23H25ClF4N2O.ClH/c1-13-8-18(25)4-5-19(13)21-12-29-7-6-20(21)22(31)30(3)14(2)15-9-16(23(26,27)28)11-17(24)10-15;/h4-5,8-11,14,20-21,29H,6-7,12H2,1-3H3;1H. The number of amides is 1. The van der Waals surface area contributed by atoms with Crippen molar-refractivity contribution in [3.63, 3.8) is 0 Å². The van der Waals surface area contributed by atoms with E-state index >= 15 is 0 Å². The number of rotatable bonds is 4. The number of benzene rings is 2. The summed E-state index contributed by atoms with van der Waals surface area (Å²) < 4.78 is 53.1. The average Bonchev–Trinajstić information content (AvgIpc) is 2.71. The van der Waals surface area contributed by atoms with Gasteiger partial charge in [0.05, 0.1) is 11.6 Å². The predicted octanol–water partition coefficient (Wildman–Crippen LogP) is 6.14. The SMILES string of the molecule is Cc1cc(F)ccc1C1CNCCC1C(=O)N(C)C(C)c1cc(Cl)cc(C(F)(F)F)c1.Cl. The van der Waals surface area contributed by atoms with Gasteiger partial charge in [-0.1, -0.05) is 17.7 Å². The minimum absolute atomic E-state index is 0. The van der Waals surface area contributed by atoms with Crippen molar-refractivity contribution in [2.24, 2.45) is 5.92 Å². The predicted molar refractivity (Wildman–Crippen MR) is 120 cm³/mol. The van der Waals surface area contributed by atoms with E-state index in [-0.39, 0.29) is 41.0 Å². The molecule has 1 fully saturated rings. The first-order valence-electron chi connectivity index (χ1n) is 10.1. The number of halogens is 6. The van der Waals surface area contributed by atoms with E-state index in [1.165, 1.54) is 23.1 Å². The number of hydrogen-bond acceptors (Lipinski definition) is 2. The molecule has 2 aromatic rings. The first-order chi connectivity index (χ1) is 14.5. The summed E-state index contributed by atoms with van der Waals surface area (Å²) in [5.41, 5.74) is 1.14. The van der Waals surface area contributed by atoms with Crippen molar-refractivity contribution in [2.45, 2.75) is 38.4 Å². The van der Waals surface area contributed by atoms with Gasteiger partial charge >= 0.3 is 6.18 Å². The lowest BCUT2D eigenvalue weighted by Gasteiger charge is -2.37. The monoisotopic (exact) mass is 492 g/mol. The van der Waals surface area contributed by atoms with E-state index in [0.717, 1.165) is 23.3 Å². The maximum Gasteiger partial charge on any atom is 0.416 e. The molecule has 3 unspecified atom stereocenters. The fourth-order valence-corrected chi connectivity index (χ4v) is 4.47. The van der Waals surface area contributed by atoms with Gasteiger partial charge in [-0.05, 0) is 73.8 Å². The third-order valence-corrected chi connectivity index (χ3v) is 6.31. The van der Waals surface area contributed by atoms with E-state index in [1.54, 1.807) is 20.0 Å². The Labute approximate surface area is 196 Å². The molecule has 1 N–H and O–H groups in total. The summed E-state index contributed by atoms with van der Waals surface area (Å²) in [5.74, 6) is -1.00. The lowest BCUT2D eigenvalue weighted by molar-refractivity contribution is -0.137. The maximum absolute atomic E-state index is 13.6. The lowest BCUT2D eigenvalue weighted by atomic mass is 9.79. The van der Waals surface area contributed by atoms with Crippen LogP contribution in [0.2, 0.25) is 5.02 Å². The highest BCUT2D eigenvalue weighted by Gasteiger charge is 2.36. The topological polar surface area (TPSA) is 32.3 Å². The lowest BCUT2D eigenvalue weighted by Crippen LogP contribution is -2.44. The van der Waals surface area contributed by atoms with Gasteiger partial charge in [-0.2, -0.15) is 13.2 Å². The highest BCUT2D eigenvalue weighted by atomic mass is 35.5. The van der Waals surface area contributed by atoms with E-state index in [1.807, 2.05) is 6.92 Å². The van der Waals surface area contributed by atoms with E-state index < -0.39 is 17.8 Å². The first kappa shape index (κ1) is 26.4. The Balaban J connectivity index is 0.00000363. The van der Waals surface area contributed by atoms with Crippen LogP contribution in [0, 0.1) is 18.7 Å². The van der Waals surface area contributed by atoms with Gasteiger partial charge in [0.25, 0.3) is 0 Å². The smallest absolute Gasteiger partial charge is 0.339 e. The molecule has 0 spiro atoms. The molecule has 0 radical (unpaired) electrons. The summed E-state index contributed by atoms with van der Waals surface area (Å²) in [5, 5.41) is 3.26. The Hall–Kier alpha value is -1.83. The summed E-state index contributed by atoms with van der Waals surface area (Å²) in [6.45, 7) is 4.72. The van der Waals surface area contributed by atoms with Crippen LogP contribution in [0.15, 0.2) is 36.4 Å². The largest absolute Gasteiger partial charge is 0.416 e. The van der Waals surface area contributed by atoms with Crippen molar-refractivity contribution in [3.8, 4) is 0 Å². The van der Waals surface area contributed by atoms with Crippen LogP contribution in [0.1, 0.15) is 47.6 Å². The zero-order valence-corrected chi connectivity index (χ0v) is 19.5. The molecule has 32 heavy (non-hydrogen) atoms. The molecule has 2 aromatic carbocycles. The van der Waals surface area contributed by atoms with Crippen LogP contribution in [0.5, 0.6) is 0 Å². The van der Waals surface area contributed by atoms with Crippen molar-refractivity contribution >= 4 is 29.9 Å². The number of carbonyl (C=O) groups excluding carboxylic acids is 1. The molecule has 0 aliphatic carbocycles. The van der Waals surface area contributed by atoms with Crippen LogP contribution in [-0.4, -0.2) is 30.9 Å². The number of nitrogens with zero attached hydrogens (tertiary/aromatic N) is 1. The number of piperidine rings is 1. The summed E-state index contributed by atoms with van der Waals surface area (Å²) in [6, 6.07) is 7.30. The molecule has 0 saturated carbocycles. The van der Waals surface area contributed by atoms with Gasteiger partial charge in [0.15, 0.2) is 0 Å². The zero-order valence-electron chi connectivity index (χ0n) is 18.0. The molecule has 1 heterocycles. The number of nitrogens with one attached hydrogen (secondary N) is 1. The van der Waals surface area contributed by atoms with Gasteiger partial charge in [0, 0.05) is 30.5 Å². The number of alkyl halides is 3. The van der Waals surface area contributed by atoms with Gasteiger partial charge < -0.3 is 10.2 Å². The van der Waals surface area contributed by atoms with Crippen molar-refractivity contribution < 1.29 is 22.4 Å². The van der Waals surface area contributed by atoms with E-state index in [0.29, 0.717) is 25.1 Å². The van der Waals surface area contributed by atoms with E-state index in [4.69, 9.17) is 11.6 Å². The Kier molecular flexibility index (Phi) is 8.59. The van der Waals surface area contributed by atoms with Crippen molar-refractivity contribution in [1.82, 2.24) is 10.2 Å². The highest BCUT2D eigenvalue weighted by molar-refractivity contribution is 6.30. The molecule has 9 heteroatoms. The Bertz CT molecular complexity index is 967. The molecule has 3 rings (SSSR count).